The summed E-state index contributed by atoms with van der Waals surface area (Å²) in [7, 11) is 0. The van der Waals surface area contributed by atoms with Crippen LogP contribution in [0.5, 0.6) is 0 Å². The van der Waals surface area contributed by atoms with E-state index in [0.717, 1.165) is 4.68 Å². The first kappa shape index (κ1) is 16.0. The van der Waals surface area contributed by atoms with Crippen LogP contribution in [0.25, 0.3) is 0 Å². The van der Waals surface area contributed by atoms with Gasteiger partial charge in [0.05, 0.1) is 5.69 Å². The van der Waals surface area contributed by atoms with E-state index in [4.69, 9.17) is 0 Å². The van der Waals surface area contributed by atoms with Crippen LogP contribution in [0.4, 0.5) is 13.2 Å². The first-order valence-corrected chi connectivity index (χ1v) is 6.23. The molecule has 0 aliphatic heterocycles. The van der Waals surface area contributed by atoms with Gasteiger partial charge in [0.1, 0.15) is 6.54 Å². The summed E-state index contributed by atoms with van der Waals surface area (Å²) >= 11 is 1.63. The summed E-state index contributed by atoms with van der Waals surface area (Å²) in [5.74, 6) is 0. The SMILES string of the molecule is Cl.FC(F)(F)Cn1ccc(CNCc2cccs2)n1. The van der Waals surface area contributed by atoms with Gasteiger partial charge in [-0.1, -0.05) is 6.07 Å². The molecule has 2 aromatic rings. The van der Waals surface area contributed by atoms with Crippen LogP contribution in [0.3, 0.4) is 0 Å². The highest BCUT2D eigenvalue weighted by molar-refractivity contribution is 7.09. The third kappa shape index (κ3) is 5.63. The average molecular weight is 312 g/mol. The lowest BCUT2D eigenvalue weighted by molar-refractivity contribution is -0.142. The highest BCUT2D eigenvalue weighted by Crippen LogP contribution is 2.16. The zero-order chi connectivity index (χ0) is 13.0. The van der Waals surface area contributed by atoms with Crippen LogP contribution < -0.4 is 5.32 Å². The fourth-order valence-electron chi connectivity index (χ4n) is 1.50. The van der Waals surface area contributed by atoms with Gasteiger partial charge in [0.15, 0.2) is 0 Å². The predicted octanol–water partition coefficient (Wildman–Crippen LogP) is 3.22. The standard InChI is InChI=1S/C11H12F3N3S.ClH/c12-11(13,14)8-17-4-3-9(16-17)6-15-7-10-2-1-5-18-10;/h1-5,15H,6-8H2;1H. The first-order chi connectivity index (χ1) is 8.53. The van der Waals surface area contributed by atoms with Crippen LogP contribution in [0.15, 0.2) is 29.8 Å². The minimum absolute atomic E-state index is 0. The van der Waals surface area contributed by atoms with E-state index in [1.165, 1.54) is 11.1 Å². The van der Waals surface area contributed by atoms with Crippen molar-refractivity contribution in [2.24, 2.45) is 0 Å². The lowest BCUT2D eigenvalue weighted by Crippen LogP contribution is -2.18. The van der Waals surface area contributed by atoms with E-state index in [1.54, 1.807) is 17.4 Å². The summed E-state index contributed by atoms with van der Waals surface area (Å²) < 4.78 is 37.2. The molecule has 0 fully saturated rings. The molecular formula is C11H13ClF3N3S. The van der Waals surface area contributed by atoms with Crippen LogP contribution in [0.1, 0.15) is 10.6 Å². The van der Waals surface area contributed by atoms with Crippen molar-refractivity contribution in [1.29, 1.82) is 0 Å². The molecule has 0 radical (unpaired) electrons. The Morgan fingerprint density at radius 3 is 2.68 bits per heavy atom. The summed E-state index contributed by atoms with van der Waals surface area (Å²) in [5, 5.41) is 8.97. The smallest absolute Gasteiger partial charge is 0.306 e. The molecule has 0 amide bonds. The molecule has 0 atom stereocenters. The third-order valence-corrected chi connectivity index (χ3v) is 3.10. The van der Waals surface area contributed by atoms with Crippen molar-refractivity contribution in [3.8, 4) is 0 Å². The van der Waals surface area contributed by atoms with Gasteiger partial charge in [0, 0.05) is 24.2 Å². The number of hydrogen-bond acceptors (Lipinski definition) is 3. The number of nitrogens with one attached hydrogen (secondary N) is 1. The van der Waals surface area contributed by atoms with Gasteiger partial charge < -0.3 is 5.32 Å². The van der Waals surface area contributed by atoms with Crippen molar-refractivity contribution in [2.75, 3.05) is 0 Å². The van der Waals surface area contributed by atoms with Gasteiger partial charge in [-0.2, -0.15) is 18.3 Å². The fraction of sp³-hybridized carbons (Fsp3) is 0.364. The second-order valence-corrected chi connectivity index (χ2v) is 4.83. The van der Waals surface area contributed by atoms with Crippen molar-refractivity contribution in [2.45, 2.75) is 25.8 Å². The molecule has 0 aliphatic carbocycles. The summed E-state index contributed by atoms with van der Waals surface area (Å²) in [5.41, 5.74) is 0.607. The highest BCUT2D eigenvalue weighted by Gasteiger charge is 2.28. The molecule has 0 aliphatic rings. The van der Waals surface area contributed by atoms with Gasteiger partial charge in [0.25, 0.3) is 0 Å². The van der Waals surface area contributed by atoms with Crippen molar-refractivity contribution < 1.29 is 13.2 Å². The lowest BCUT2D eigenvalue weighted by Gasteiger charge is -2.05. The van der Waals surface area contributed by atoms with Crippen LogP contribution in [-0.4, -0.2) is 16.0 Å². The van der Waals surface area contributed by atoms with E-state index < -0.39 is 12.7 Å². The average Bonchev–Trinajstić information content (AvgIpc) is 2.88. The summed E-state index contributed by atoms with van der Waals surface area (Å²) in [6, 6.07) is 5.55. The molecule has 0 spiro atoms. The van der Waals surface area contributed by atoms with Crippen LogP contribution in [0, 0.1) is 0 Å². The number of aromatic nitrogens is 2. The number of rotatable bonds is 5. The topological polar surface area (TPSA) is 29.9 Å². The molecular weight excluding hydrogens is 299 g/mol. The van der Waals surface area contributed by atoms with E-state index in [9.17, 15) is 13.2 Å². The predicted molar refractivity (Wildman–Crippen MR) is 70.4 cm³/mol. The molecule has 1 N–H and O–H groups in total. The van der Waals surface area contributed by atoms with E-state index in [2.05, 4.69) is 10.4 Å². The van der Waals surface area contributed by atoms with Crippen molar-refractivity contribution in [3.05, 3.63) is 40.3 Å². The van der Waals surface area contributed by atoms with E-state index in [0.29, 0.717) is 18.8 Å². The molecule has 19 heavy (non-hydrogen) atoms. The Hall–Kier alpha value is -1.05. The first-order valence-electron chi connectivity index (χ1n) is 5.35. The zero-order valence-electron chi connectivity index (χ0n) is 9.85. The highest BCUT2D eigenvalue weighted by atomic mass is 35.5. The maximum atomic E-state index is 12.1. The number of alkyl halides is 3. The molecule has 0 saturated heterocycles. The Morgan fingerprint density at radius 2 is 2.05 bits per heavy atom. The largest absolute Gasteiger partial charge is 0.408 e. The second-order valence-electron chi connectivity index (χ2n) is 3.80. The number of nitrogens with zero attached hydrogens (tertiary/aromatic N) is 2. The van der Waals surface area contributed by atoms with Crippen molar-refractivity contribution >= 4 is 23.7 Å². The Bertz CT molecular complexity index is 482. The van der Waals surface area contributed by atoms with E-state index >= 15 is 0 Å². The van der Waals surface area contributed by atoms with Gasteiger partial charge in [-0.3, -0.25) is 4.68 Å². The minimum atomic E-state index is -4.23. The Labute approximate surface area is 118 Å². The summed E-state index contributed by atoms with van der Waals surface area (Å²) in [6.07, 6.45) is -2.89. The quantitative estimate of drug-likeness (QED) is 0.919. The van der Waals surface area contributed by atoms with Crippen molar-refractivity contribution in [3.63, 3.8) is 0 Å². The monoisotopic (exact) mass is 311 g/mol. The summed E-state index contributed by atoms with van der Waals surface area (Å²) in [4.78, 5) is 1.18. The maximum Gasteiger partial charge on any atom is 0.408 e. The number of halogens is 4. The van der Waals surface area contributed by atoms with Crippen molar-refractivity contribution in [1.82, 2.24) is 15.1 Å². The Balaban J connectivity index is 0.00000180. The molecule has 3 nitrogen and oxygen atoms in total. The van der Waals surface area contributed by atoms with E-state index in [-0.39, 0.29) is 12.4 Å². The summed E-state index contributed by atoms with van der Waals surface area (Å²) in [6.45, 7) is 0.116. The maximum absolute atomic E-state index is 12.1. The second kappa shape index (κ2) is 6.93. The molecule has 8 heteroatoms. The molecule has 2 aromatic heterocycles. The van der Waals surface area contributed by atoms with Gasteiger partial charge in [-0.25, -0.2) is 0 Å². The molecule has 0 saturated carbocycles. The molecule has 2 rings (SSSR count). The van der Waals surface area contributed by atoms with Gasteiger partial charge >= 0.3 is 6.18 Å². The fourth-order valence-corrected chi connectivity index (χ4v) is 2.17. The van der Waals surface area contributed by atoms with Crippen LogP contribution in [0.2, 0.25) is 0 Å². The Kier molecular flexibility index (Phi) is 5.84. The molecule has 0 aromatic carbocycles. The van der Waals surface area contributed by atoms with Gasteiger partial charge in [-0.05, 0) is 17.5 Å². The third-order valence-electron chi connectivity index (χ3n) is 2.22. The van der Waals surface area contributed by atoms with E-state index in [1.807, 2.05) is 17.5 Å². The minimum Gasteiger partial charge on any atom is -0.306 e. The molecule has 0 bridgehead atoms. The van der Waals surface area contributed by atoms with Gasteiger partial charge in [0.2, 0.25) is 0 Å². The Morgan fingerprint density at radius 1 is 1.26 bits per heavy atom. The zero-order valence-corrected chi connectivity index (χ0v) is 11.5. The number of thiophene rings is 1. The van der Waals surface area contributed by atoms with Crippen LogP contribution in [-0.2, 0) is 19.6 Å². The van der Waals surface area contributed by atoms with Gasteiger partial charge in [-0.15, -0.1) is 23.7 Å². The lowest BCUT2D eigenvalue weighted by atomic mass is 10.4. The van der Waals surface area contributed by atoms with Crippen LogP contribution >= 0.6 is 23.7 Å². The normalized spacial score (nSPS) is 11.3. The number of hydrogen-bond donors (Lipinski definition) is 1. The molecule has 106 valence electrons. The molecule has 0 unspecified atom stereocenters. The molecule has 2 heterocycles.